The molecular formula is C19H19N3O4S2. The van der Waals surface area contributed by atoms with E-state index in [1.165, 1.54) is 39.8 Å². The number of β-lactam (4-membered cyclic amide) rings is 1. The molecule has 0 bridgehead atoms. The van der Waals surface area contributed by atoms with E-state index < -0.39 is 12.0 Å². The predicted molar refractivity (Wildman–Crippen MR) is 109 cm³/mol. The lowest BCUT2D eigenvalue weighted by Crippen LogP contribution is -2.71. The van der Waals surface area contributed by atoms with Crippen molar-refractivity contribution < 1.29 is 19.5 Å². The third kappa shape index (κ3) is 3.14. The van der Waals surface area contributed by atoms with Crippen molar-refractivity contribution >= 4 is 45.9 Å². The van der Waals surface area contributed by atoms with Crippen molar-refractivity contribution in [3.8, 4) is 0 Å². The molecule has 4 heterocycles. The Hall–Kier alpha value is -2.52. The number of thiophene rings is 1. The molecule has 1 saturated heterocycles. The van der Waals surface area contributed by atoms with Crippen molar-refractivity contribution in [3.05, 3.63) is 53.2 Å². The largest absolute Gasteiger partial charge is 0.477 e. The Balaban J connectivity index is 1.62. The molecule has 2 amide bonds. The summed E-state index contributed by atoms with van der Waals surface area (Å²) in [5.41, 5.74) is 0.772. The van der Waals surface area contributed by atoms with E-state index in [-0.39, 0.29) is 22.9 Å². The highest BCUT2D eigenvalue weighted by Crippen LogP contribution is 2.44. The minimum absolute atomic E-state index is 0.0580. The van der Waals surface area contributed by atoms with Crippen LogP contribution >= 0.6 is 23.1 Å². The van der Waals surface area contributed by atoms with Gasteiger partial charge in [-0.25, -0.2) is 4.79 Å². The number of hydrogen-bond acceptors (Lipinski definition) is 6. The summed E-state index contributed by atoms with van der Waals surface area (Å²) >= 11 is 2.90. The summed E-state index contributed by atoms with van der Waals surface area (Å²) < 4.78 is 0. The fraction of sp³-hybridized carbons (Fsp3) is 0.316. The highest BCUT2D eigenvalue weighted by Gasteiger charge is 2.57. The maximum Gasteiger partial charge on any atom is 0.352 e. The van der Waals surface area contributed by atoms with Crippen LogP contribution in [0.3, 0.4) is 0 Å². The zero-order valence-corrected chi connectivity index (χ0v) is 16.8. The third-order valence-corrected chi connectivity index (χ3v) is 7.05. The summed E-state index contributed by atoms with van der Waals surface area (Å²) in [5.74, 6) is -1.16. The van der Waals surface area contributed by atoms with Crippen molar-refractivity contribution in [1.29, 1.82) is 0 Å². The van der Waals surface area contributed by atoms with Gasteiger partial charge in [-0.3, -0.25) is 19.4 Å². The molecule has 2 atom stereocenters. The van der Waals surface area contributed by atoms with Gasteiger partial charge in [0.15, 0.2) is 0 Å². The first kappa shape index (κ1) is 18.8. The van der Waals surface area contributed by atoms with E-state index in [0.29, 0.717) is 29.4 Å². The first-order chi connectivity index (χ1) is 13.5. The zero-order valence-electron chi connectivity index (χ0n) is 15.1. The van der Waals surface area contributed by atoms with Crippen molar-refractivity contribution in [1.82, 2.24) is 9.80 Å². The van der Waals surface area contributed by atoms with Crippen molar-refractivity contribution in [2.24, 2.45) is 0 Å². The number of nitrogens with zero attached hydrogens (tertiary/aromatic N) is 3. The lowest BCUT2D eigenvalue weighted by Gasteiger charge is -2.52. The second-order valence-corrected chi connectivity index (χ2v) is 8.68. The maximum atomic E-state index is 13.0. The second-order valence-electron chi connectivity index (χ2n) is 6.65. The standard InChI is InChI=1S/C19H19N3O4S2/c1-12(23)21(14-6-5-9-27-14)16-17(24)22-15(19(25)26)13(11-28-18(16)22)10-20-7-3-2-4-8-20/h2-7,9,16,18H,8,10-11H2,1H3,(H,25,26)/t16?,18-/m0/s1. The smallest absolute Gasteiger partial charge is 0.352 e. The number of allylic oxidation sites excluding steroid dienone is 2. The van der Waals surface area contributed by atoms with Crippen LogP contribution in [-0.2, 0) is 14.4 Å². The van der Waals surface area contributed by atoms with Gasteiger partial charge in [0, 0.05) is 25.8 Å². The minimum atomic E-state index is -1.10. The maximum absolute atomic E-state index is 13.0. The highest BCUT2D eigenvalue weighted by atomic mass is 32.2. The molecule has 7 nitrogen and oxygen atoms in total. The van der Waals surface area contributed by atoms with E-state index in [2.05, 4.69) is 0 Å². The van der Waals surface area contributed by atoms with Crippen LogP contribution in [0, 0.1) is 0 Å². The zero-order chi connectivity index (χ0) is 19.8. The molecule has 1 unspecified atom stereocenters. The van der Waals surface area contributed by atoms with Gasteiger partial charge in [-0.05, 0) is 35.4 Å². The van der Waals surface area contributed by atoms with E-state index in [0.717, 1.165) is 0 Å². The molecular weight excluding hydrogens is 398 g/mol. The van der Waals surface area contributed by atoms with Crippen LogP contribution in [0.5, 0.6) is 0 Å². The van der Waals surface area contributed by atoms with Crippen LogP contribution in [-0.4, -0.2) is 62.9 Å². The van der Waals surface area contributed by atoms with E-state index in [1.807, 2.05) is 40.8 Å². The summed E-state index contributed by atoms with van der Waals surface area (Å²) in [6.07, 6.45) is 7.76. The van der Waals surface area contributed by atoms with Gasteiger partial charge in [0.2, 0.25) is 5.91 Å². The summed E-state index contributed by atoms with van der Waals surface area (Å²) in [5, 5.41) is 12.0. The number of amides is 2. The van der Waals surface area contributed by atoms with E-state index >= 15 is 0 Å². The lowest BCUT2D eigenvalue weighted by atomic mass is 10.0. The van der Waals surface area contributed by atoms with Crippen molar-refractivity contribution in [2.45, 2.75) is 18.3 Å². The van der Waals surface area contributed by atoms with Crippen molar-refractivity contribution in [2.75, 3.05) is 23.7 Å². The van der Waals surface area contributed by atoms with Gasteiger partial charge >= 0.3 is 5.97 Å². The number of fused-ring (bicyclic) bond motifs is 1. The molecule has 1 fully saturated rings. The first-order valence-electron chi connectivity index (χ1n) is 8.79. The Morgan fingerprint density at radius 1 is 1.36 bits per heavy atom. The molecule has 3 aliphatic heterocycles. The molecule has 0 aliphatic carbocycles. The lowest BCUT2D eigenvalue weighted by molar-refractivity contribution is -0.149. The molecule has 0 aromatic carbocycles. The number of thioether (sulfide) groups is 1. The molecule has 0 spiro atoms. The van der Waals surface area contributed by atoms with Crippen LogP contribution in [0.15, 0.2) is 53.2 Å². The monoisotopic (exact) mass is 417 g/mol. The van der Waals surface area contributed by atoms with Gasteiger partial charge < -0.3 is 10.0 Å². The molecule has 9 heteroatoms. The third-order valence-electron chi connectivity index (χ3n) is 4.86. The SMILES string of the molecule is CC(=O)N(c1cccs1)C1C(=O)N2C(C(=O)O)=C(CN3C=CC=CC3)CS[C@@H]12. The number of carboxylic acid groups (broad SMARTS) is 1. The highest BCUT2D eigenvalue weighted by molar-refractivity contribution is 8.00. The molecule has 4 rings (SSSR count). The minimum Gasteiger partial charge on any atom is -0.477 e. The number of carbonyl (C=O) groups excluding carboxylic acids is 2. The fourth-order valence-corrected chi connectivity index (χ4v) is 5.84. The summed E-state index contributed by atoms with van der Waals surface area (Å²) in [4.78, 5) is 42.1. The summed E-state index contributed by atoms with van der Waals surface area (Å²) in [6, 6.07) is 2.95. The van der Waals surface area contributed by atoms with Gasteiger partial charge in [-0.15, -0.1) is 23.1 Å². The van der Waals surface area contributed by atoms with Gasteiger partial charge in [0.25, 0.3) is 5.91 Å². The average Bonchev–Trinajstić information content (AvgIpc) is 3.20. The van der Waals surface area contributed by atoms with Crippen LogP contribution < -0.4 is 4.90 Å². The first-order valence-corrected chi connectivity index (χ1v) is 10.7. The number of anilines is 1. The molecule has 1 aromatic heterocycles. The Labute approximate surface area is 170 Å². The molecule has 3 aliphatic rings. The molecule has 28 heavy (non-hydrogen) atoms. The Kier molecular flexibility index (Phi) is 5.03. The van der Waals surface area contributed by atoms with Gasteiger partial charge in [0.05, 0.1) is 5.00 Å². The van der Waals surface area contributed by atoms with Crippen LogP contribution in [0.1, 0.15) is 6.92 Å². The Morgan fingerprint density at radius 2 is 2.18 bits per heavy atom. The van der Waals surface area contributed by atoms with E-state index in [9.17, 15) is 19.5 Å². The predicted octanol–water partition coefficient (Wildman–Crippen LogP) is 2.11. The van der Waals surface area contributed by atoms with Gasteiger partial charge in [-0.2, -0.15) is 0 Å². The fourth-order valence-electron chi connectivity index (χ4n) is 3.65. The van der Waals surface area contributed by atoms with Gasteiger partial charge in [-0.1, -0.05) is 12.2 Å². The van der Waals surface area contributed by atoms with Gasteiger partial charge in [0.1, 0.15) is 17.1 Å². The topological polar surface area (TPSA) is 81.2 Å². The van der Waals surface area contributed by atoms with Crippen LogP contribution in [0.25, 0.3) is 0 Å². The number of rotatable bonds is 5. The number of carboxylic acids is 1. The molecule has 1 N–H and O–H groups in total. The quantitative estimate of drug-likeness (QED) is 0.739. The summed E-state index contributed by atoms with van der Waals surface area (Å²) in [6.45, 7) is 2.59. The Bertz CT molecular complexity index is 906. The van der Waals surface area contributed by atoms with Crippen molar-refractivity contribution in [3.63, 3.8) is 0 Å². The number of hydrogen-bond donors (Lipinski definition) is 1. The number of aliphatic carboxylic acids is 1. The molecule has 1 aromatic rings. The van der Waals surface area contributed by atoms with E-state index in [1.54, 1.807) is 6.07 Å². The van der Waals surface area contributed by atoms with E-state index in [4.69, 9.17) is 0 Å². The Morgan fingerprint density at radius 3 is 2.79 bits per heavy atom. The number of carbonyl (C=O) groups is 3. The molecule has 0 saturated carbocycles. The summed E-state index contributed by atoms with van der Waals surface area (Å²) in [7, 11) is 0. The van der Waals surface area contributed by atoms with Crippen LogP contribution in [0.4, 0.5) is 5.00 Å². The second kappa shape index (κ2) is 7.48. The van der Waals surface area contributed by atoms with Crippen LogP contribution in [0.2, 0.25) is 0 Å². The average molecular weight is 418 g/mol. The molecule has 0 radical (unpaired) electrons. The normalized spacial score (nSPS) is 23.5. The molecule has 146 valence electrons.